The van der Waals surface area contributed by atoms with Crippen molar-refractivity contribution in [1.82, 2.24) is 15.1 Å². The van der Waals surface area contributed by atoms with Gasteiger partial charge >= 0.3 is 0 Å². The molecule has 1 amide bonds. The summed E-state index contributed by atoms with van der Waals surface area (Å²) in [5, 5.41) is 8.05. The Morgan fingerprint density at radius 2 is 2.08 bits per heavy atom. The van der Waals surface area contributed by atoms with E-state index in [0.29, 0.717) is 24.2 Å². The molecule has 1 aromatic carbocycles. The van der Waals surface area contributed by atoms with E-state index in [1.54, 1.807) is 4.90 Å². The topological polar surface area (TPSA) is 68.5 Å². The Labute approximate surface area is 146 Å². The zero-order valence-electron chi connectivity index (χ0n) is 14.5. The molecule has 0 saturated heterocycles. The minimum Gasteiger partial charge on any atom is -0.484 e. The van der Waals surface area contributed by atoms with Crippen molar-refractivity contribution in [3.63, 3.8) is 0 Å². The third kappa shape index (κ3) is 4.99. The molecule has 0 radical (unpaired) electrons. The second-order valence-corrected chi connectivity index (χ2v) is 6.63. The lowest BCUT2D eigenvalue weighted by atomic mass is 10.2. The summed E-state index contributed by atoms with van der Waals surface area (Å²) in [7, 11) is 0. The number of rotatable bonds is 8. The summed E-state index contributed by atoms with van der Waals surface area (Å²) in [5.41, 5.74) is 1.12. The molecular weight excluding hydrogens is 326 g/mol. The molecule has 7 heteroatoms. The quantitative estimate of drug-likeness (QED) is 0.681. The van der Waals surface area contributed by atoms with Crippen LogP contribution >= 0.6 is 11.8 Å². The van der Waals surface area contributed by atoms with E-state index in [4.69, 9.17) is 9.15 Å². The summed E-state index contributed by atoms with van der Waals surface area (Å²) in [6, 6.07) is 7.75. The van der Waals surface area contributed by atoms with Crippen molar-refractivity contribution in [3.8, 4) is 5.75 Å². The number of carbonyl (C=O) groups excluding carboxylic acids is 1. The van der Waals surface area contributed by atoms with E-state index < -0.39 is 0 Å². The molecule has 1 heterocycles. The fraction of sp³-hybridized carbons (Fsp3) is 0.471. The normalized spacial score (nSPS) is 12.0. The summed E-state index contributed by atoms with van der Waals surface area (Å²) in [6.45, 7) is 9.37. The summed E-state index contributed by atoms with van der Waals surface area (Å²) >= 11 is 1.27. The molecule has 0 spiro atoms. The smallest absolute Gasteiger partial charge is 0.277 e. The van der Waals surface area contributed by atoms with Gasteiger partial charge in [0.1, 0.15) is 5.75 Å². The first-order chi connectivity index (χ1) is 11.5. The maximum Gasteiger partial charge on any atom is 0.277 e. The van der Waals surface area contributed by atoms with Crippen molar-refractivity contribution in [3.05, 3.63) is 35.7 Å². The van der Waals surface area contributed by atoms with Crippen molar-refractivity contribution in [1.29, 1.82) is 0 Å². The van der Waals surface area contributed by atoms with Gasteiger partial charge in [0, 0.05) is 13.1 Å². The molecule has 1 unspecified atom stereocenters. The minimum atomic E-state index is -0.268. The molecular formula is C17H23N3O3S. The Morgan fingerprint density at radius 3 is 2.75 bits per heavy atom. The number of hydrogen-bond donors (Lipinski definition) is 0. The molecule has 6 nitrogen and oxygen atoms in total. The van der Waals surface area contributed by atoms with Gasteiger partial charge in [0.25, 0.3) is 11.1 Å². The highest BCUT2D eigenvalue weighted by Crippen LogP contribution is 2.23. The summed E-state index contributed by atoms with van der Waals surface area (Å²) < 4.78 is 11.2. The van der Waals surface area contributed by atoms with Crippen LogP contribution in [0.2, 0.25) is 0 Å². The van der Waals surface area contributed by atoms with Gasteiger partial charge in [-0.1, -0.05) is 23.9 Å². The third-order valence-corrected chi connectivity index (χ3v) is 4.42. The van der Waals surface area contributed by atoms with Gasteiger partial charge in [-0.2, -0.15) is 0 Å². The molecule has 2 rings (SSSR count). The van der Waals surface area contributed by atoms with Gasteiger partial charge < -0.3 is 14.1 Å². The zero-order valence-corrected chi connectivity index (χ0v) is 15.3. The average molecular weight is 349 g/mol. The maximum atomic E-state index is 12.2. The van der Waals surface area contributed by atoms with Crippen LogP contribution in [0.4, 0.5) is 0 Å². The van der Waals surface area contributed by atoms with Crippen LogP contribution in [-0.2, 0) is 11.4 Å². The Balaban J connectivity index is 1.89. The van der Waals surface area contributed by atoms with Gasteiger partial charge in [-0.25, -0.2) is 0 Å². The second kappa shape index (κ2) is 8.73. The largest absolute Gasteiger partial charge is 0.484 e. The molecule has 1 atom stereocenters. The van der Waals surface area contributed by atoms with Gasteiger partial charge in [-0.3, -0.25) is 4.79 Å². The number of amides is 1. The Kier molecular flexibility index (Phi) is 6.66. The monoisotopic (exact) mass is 349 g/mol. The van der Waals surface area contributed by atoms with E-state index in [-0.39, 0.29) is 17.8 Å². The number of thioether (sulfide) groups is 1. The van der Waals surface area contributed by atoms with Gasteiger partial charge in [0.15, 0.2) is 6.61 Å². The zero-order chi connectivity index (χ0) is 17.5. The number of carbonyl (C=O) groups is 1. The predicted molar refractivity (Wildman–Crippen MR) is 93.1 cm³/mol. The number of ether oxygens (including phenoxy) is 1. The predicted octanol–water partition coefficient (Wildman–Crippen LogP) is 3.31. The van der Waals surface area contributed by atoms with Crippen molar-refractivity contribution in [2.75, 3.05) is 13.1 Å². The van der Waals surface area contributed by atoms with E-state index in [1.165, 1.54) is 11.8 Å². The lowest BCUT2D eigenvalue weighted by Crippen LogP contribution is -2.36. The van der Waals surface area contributed by atoms with E-state index in [0.717, 1.165) is 11.3 Å². The first kappa shape index (κ1) is 18.3. The van der Waals surface area contributed by atoms with Crippen molar-refractivity contribution in [2.45, 2.75) is 44.8 Å². The molecule has 0 fully saturated rings. The third-order valence-electron chi connectivity index (χ3n) is 3.50. The summed E-state index contributed by atoms with van der Waals surface area (Å²) in [5.74, 6) is 1.22. The van der Waals surface area contributed by atoms with Crippen LogP contribution in [-0.4, -0.2) is 39.3 Å². The number of aromatic nitrogens is 2. The molecule has 0 saturated carbocycles. The van der Waals surface area contributed by atoms with E-state index in [1.807, 2.05) is 52.0 Å². The van der Waals surface area contributed by atoms with Crippen LogP contribution in [0.15, 0.2) is 33.9 Å². The standard InChI is InChI=1S/C17H23N3O3S/c1-5-20(6-2)16(21)13(4)24-17-19-18-15(23-17)11-22-14-9-7-8-12(3)10-14/h7-10,13H,5-6,11H2,1-4H3. The fourth-order valence-electron chi connectivity index (χ4n) is 2.19. The molecule has 2 aromatic rings. The average Bonchev–Trinajstić information content (AvgIpc) is 3.01. The highest BCUT2D eigenvalue weighted by molar-refractivity contribution is 8.00. The number of nitrogens with zero attached hydrogens (tertiary/aromatic N) is 3. The first-order valence-electron chi connectivity index (χ1n) is 8.00. The van der Waals surface area contributed by atoms with E-state index >= 15 is 0 Å². The molecule has 0 aliphatic carbocycles. The fourth-order valence-corrected chi connectivity index (χ4v) is 2.97. The van der Waals surface area contributed by atoms with Crippen molar-refractivity contribution < 1.29 is 13.9 Å². The number of aryl methyl sites for hydroxylation is 1. The van der Waals surface area contributed by atoms with Crippen molar-refractivity contribution in [2.24, 2.45) is 0 Å². The Bertz CT molecular complexity index is 671. The first-order valence-corrected chi connectivity index (χ1v) is 8.88. The van der Waals surface area contributed by atoms with Gasteiger partial charge in [-0.15, -0.1) is 10.2 Å². The van der Waals surface area contributed by atoms with Crippen LogP contribution in [0.5, 0.6) is 5.75 Å². The van der Waals surface area contributed by atoms with Crippen LogP contribution in [0.1, 0.15) is 32.2 Å². The van der Waals surface area contributed by atoms with Gasteiger partial charge in [0.2, 0.25) is 5.91 Å². The SMILES string of the molecule is CCN(CC)C(=O)C(C)Sc1nnc(COc2cccc(C)c2)o1. The molecule has 130 valence electrons. The second-order valence-electron chi connectivity index (χ2n) is 5.34. The van der Waals surface area contributed by atoms with Gasteiger partial charge in [0.05, 0.1) is 5.25 Å². The molecule has 0 bridgehead atoms. The summed E-state index contributed by atoms with van der Waals surface area (Å²) in [4.78, 5) is 14.0. The van der Waals surface area contributed by atoms with E-state index in [2.05, 4.69) is 10.2 Å². The van der Waals surface area contributed by atoms with Crippen molar-refractivity contribution >= 4 is 17.7 Å². The lowest BCUT2D eigenvalue weighted by molar-refractivity contribution is -0.129. The Hall–Kier alpha value is -2.02. The highest BCUT2D eigenvalue weighted by Gasteiger charge is 2.22. The van der Waals surface area contributed by atoms with Crippen LogP contribution < -0.4 is 4.74 Å². The highest BCUT2D eigenvalue weighted by atomic mass is 32.2. The lowest BCUT2D eigenvalue weighted by Gasteiger charge is -2.21. The van der Waals surface area contributed by atoms with Gasteiger partial charge in [-0.05, 0) is 45.4 Å². The van der Waals surface area contributed by atoms with Crippen LogP contribution in [0.3, 0.4) is 0 Å². The number of benzene rings is 1. The number of hydrogen-bond acceptors (Lipinski definition) is 6. The molecule has 0 aliphatic heterocycles. The van der Waals surface area contributed by atoms with E-state index in [9.17, 15) is 4.79 Å². The summed E-state index contributed by atoms with van der Waals surface area (Å²) in [6.07, 6.45) is 0. The maximum absolute atomic E-state index is 12.2. The molecule has 24 heavy (non-hydrogen) atoms. The molecule has 1 aromatic heterocycles. The van der Waals surface area contributed by atoms with Crippen LogP contribution in [0.25, 0.3) is 0 Å². The Morgan fingerprint density at radius 1 is 1.33 bits per heavy atom. The molecule has 0 aliphatic rings. The van der Waals surface area contributed by atoms with Crippen LogP contribution in [0, 0.1) is 6.92 Å². The minimum absolute atomic E-state index is 0.0701. The molecule has 0 N–H and O–H groups in total.